The number of aromatic nitrogens is 5. The van der Waals surface area contributed by atoms with Gasteiger partial charge in [-0.05, 0) is 29.5 Å². The molecule has 1 aromatic carbocycles. The zero-order valence-corrected chi connectivity index (χ0v) is 12.4. The first-order valence-corrected chi connectivity index (χ1v) is 7.23. The minimum atomic E-state index is 0.608. The summed E-state index contributed by atoms with van der Waals surface area (Å²) < 4.78 is 12.2. The number of para-hydroxylation sites is 2. The van der Waals surface area contributed by atoms with Gasteiger partial charge in [-0.15, -0.1) is 5.10 Å². The monoisotopic (exact) mass is 303 g/mol. The highest BCUT2D eigenvalue weighted by Crippen LogP contribution is 2.27. The van der Waals surface area contributed by atoms with E-state index in [-0.39, 0.29) is 0 Å². The van der Waals surface area contributed by atoms with Crippen LogP contribution in [0.3, 0.4) is 0 Å². The Morgan fingerprint density at radius 2 is 2.19 bits per heavy atom. The number of rotatable bonds is 5. The van der Waals surface area contributed by atoms with Gasteiger partial charge in [0.05, 0.1) is 18.6 Å². The van der Waals surface area contributed by atoms with Crippen molar-refractivity contribution in [1.29, 1.82) is 0 Å². The molecule has 21 heavy (non-hydrogen) atoms. The Morgan fingerprint density at radius 1 is 1.33 bits per heavy atom. The lowest BCUT2D eigenvalue weighted by molar-refractivity contribution is 0.391. The van der Waals surface area contributed by atoms with E-state index in [9.17, 15) is 0 Å². The molecule has 0 radical (unpaired) electrons. The molecule has 0 atom stereocenters. The lowest BCUT2D eigenvalue weighted by Gasteiger charge is -2.08. The summed E-state index contributed by atoms with van der Waals surface area (Å²) in [6, 6.07) is 9.47. The molecule has 3 rings (SSSR count). The third-order valence-electron chi connectivity index (χ3n) is 2.77. The molecule has 0 aliphatic heterocycles. The van der Waals surface area contributed by atoms with E-state index in [0.29, 0.717) is 16.7 Å². The molecule has 0 aliphatic carbocycles. The van der Waals surface area contributed by atoms with Crippen molar-refractivity contribution in [2.75, 3.05) is 7.11 Å². The molecule has 0 N–H and O–H groups in total. The summed E-state index contributed by atoms with van der Waals surface area (Å²) in [6.45, 7) is 1.89. The summed E-state index contributed by atoms with van der Waals surface area (Å²) in [6.07, 6.45) is 0. The largest absolute Gasteiger partial charge is 0.494 e. The maximum Gasteiger partial charge on any atom is 0.214 e. The van der Waals surface area contributed by atoms with Gasteiger partial charge in [-0.1, -0.05) is 29.1 Å². The molecule has 0 bridgehead atoms. The van der Waals surface area contributed by atoms with Gasteiger partial charge in [-0.3, -0.25) is 0 Å². The standard InChI is InChI=1S/C13H13N5O2S/c1-9-7-10(20-15-9)8-21-13-14-16-17-18(13)11-5-3-4-6-12(11)19-2/h3-7H,8H2,1-2H3. The molecule has 0 fully saturated rings. The first-order valence-electron chi connectivity index (χ1n) is 6.24. The zero-order chi connectivity index (χ0) is 14.7. The SMILES string of the molecule is COc1ccccc1-n1nnnc1SCc1cc(C)no1. The Hall–Kier alpha value is -2.35. The number of aryl methyl sites for hydroxylation is 1. The summed E-state index contributed by atoms with van der Waals surface area (Å²) in [5, 5.41) is 16.3. The fraction of sp³-hybridized carbons (Fsp3) is 0.231. The number of ether oxygens (including phenoxy) is 1. The van der Waals surface area contributed by atoms with Crippen LogP contribution in [0, 0.1) is 6.92 Å². The van der Waals surface area contributed by atoms with E-state index in [1.807, 2.05) is 37.3 Å². The maximum absolute atomic E-state index is 5.34. The average molecular weight is 303 g/mol. The van der Waals surface area contributed by atoms with Gasteiger partial charge in [0.25, 0.3) is 0 Å². The molecule has 0 saturated heterocycles. The Labute approximate surface area is 125 Å². The van der Waals surface area contributed by atoms with Crippen molar-refractivity contribution in [3.05, 3.63) is 41.8 Å². The Bertz CT molecular complexity index is 740. The van der Waals surface area contributed by atoms with Crippen LogP contribution in [0.5, 0.6) is 5.75 Å². The van der Waals surface area contributed by atoms with E-state index in [0.717, 1.165) is 17.1 Å². The first-order chi connectivity index (χ1) is 10.3. The summed E-state index contributed by atoms with van der Waals surface area (Å²) >= 11 is 1.47. The number of hydrogen-bond donors (Lipinski definition) is 0. The van der Waals surface area contributed by atoms with Crippen LogP contribution in [0.15, 0.2) is 40.0 Å². The molecule has 0 saturated carbocycles. The molecule has 7 nitrogen and oxygen atoms in total. The number of hydrogen-bond acceptors (Lipinski definition) is 7. The normalized spacial score (nSPS) is 10.8. The molecule has 0 aliphatic rings. The second kappa shape index (κ2) is 5.96. The molecular formula is C13H13N5O2S. The maximum atomic E-state index is 5.34. The predicted molar refractivity (Wildman–Crippen MR) is 76.5 cm³/mol. The van der Waals surface area contributed by atoms with Gasteiger partial charge < -0.3 is 9.26 Å². The zero-order valence-electron chi connectivity index (χ0n) is 11.6. The van der Waals surface area contributed by atoms with Crippen LogP contribution in [0.1, 0.15) is 11.5 Å². The molecule has 0 unspecified atom stereocenters. The van der Waals surface area contributed by atoms with Gasteiger partial charge in [-0.2, -0.15) is 4.68 Å². The number of benzene rings is 1. The molecular weight excluding hydrogens is 290 g/mol. The number of thioether (sulfide) groups is 1. The topological polar surface area (TPSA) is 78.9 Å². The van der Waals surface area contributed by atoms with E-state index in [1.54, 1.807) is 11.8 Å². The minimum absolute atomic E-state index is 0.608. The second-order valence-corrected chi connectivity index (χ2v) is 5.21. The lowest BCUT2D eigenvalue weighted by atomic mass is 10.3. The van der Waals surface area contributed by atoms with Gasteiger partial charge in [0.2, 0.25) is 5.16 Å². The van der Waals surface area contributed by atoms with Gasteiger partial charge >= 0.3 is 0 Å². The highest BCUT2D eigenvalue weighted by Gasteiger charge is 2.13. The number of tetrazole rings is 1. The highest BCUT2D eigenvalue weighted by atomic mass is 32.2. The smallest absolute Gasteiger partial charge is 0.214 e. The number of methoxy groups -OCH3 is 1. The molecule has 2 heterocycles. The third kappa shape index (κ3) is 2.89. The minimum Gasteiger partial charge on any atom is -0.494 e. The van der Waals surface area contributed by atoms with Crippen molar-refractivity contribution in [1.82, 2.24) is 25.4 Å². The van der Waals surface area contributed by atoms with Crippen LogP contribution in [0.25, 0.3) is 5.69 Å². The highest BCUT2D eigenvalue weighted by molar-refractivity contribution is 7.98. The van der Waals surface area contributed by atoms with Crippen LogP contribution in [-0.4, -0.2) is 32.5 Å². The van der Waals surface area contributed by atoms with E-state index < -0.39 is 0 Å². The fourth-order valence-electron chi connectivity index (χ4n) is 1.84. The van der Waals surface area contributed by atoms with Crippen molar-refractivity contribution in [3.8, 4) is 11.4 Å². The molecule has 0 amide bonds. The van der Waals surface area contributed by atoms with Crippen LogP contribution < -0.4 is 4.74 Å². The molecule has 0 spiro atoms. The van der Waals surface area contributed by atoms with Crippen molar-refractivity contribution in [2.24, 2.45) is 0 Å². The Kier molecular flexibility index (Phi) is 3.87. The molecule has 2 aromatic heterocycles. The van der Waals surface area contributed by atoms with E-state index in [2.05, 4.69) is 20.7 Å². The number of nitrogens with zero attached hydrogens (tertiary/aromatic N) is 5. The van der Waals surface area contributed by atoms with Crippen LogP contribution in [-0.2, 0) is 5.75 Å². The molecule has 3 aromatic rings. The van der Waals surface area contributed by atoms with Gasteiger partial charge in [0, 0.05) is 6.07 Å². The average Bonchev–Trinajstić information content (AvgIpc) is 3.13. The van der Waals surface area contributed by atoms with Gasteiger partial charge in [0.15, 0.2) is 0 Å². The predicted octanol–water partition coefficient (Wildman–Crippen LogP) is 2.26. The fourth-order valence-corrected chi connectivity index (χ4v) is 2.60. The Balaban J connectivity index is 1.83. The van der Waals surface area contributed by atoms with E-state index in [4.69, 9.17) is 9.26 Å². The van der Waals surface area contributed by atoms with Crippen molar-refractivity contribution in [3.63, 3.8) is 0 Å². The molecule has 8 heteroatoms. The summed E-state index contributed by atoms with van der Waals surface area (Å²) in [7, 11) is 1.62. The van der Waals surface area contributed by atoms with E-state index >= 15 is 0 Å². The van der Waals surface area contributed by atoms with E-state index in [1.165, 1.54) is 11.8 Å². The molecule has 108 valence electrons. The summed E-state index contributed by atoms with van der Waals surface area (Å²) in [5.74, 6) is 2.10. The first kappa shape index (κ1) is 13.6. The Morgan fingerprint density at radius 3 is 2.95 bits per heavy atom. The van der Waals surface area contributed by atoms with Crippen molar-refractivity contribution >= 4 is 11.8 Å². The van der Waals surface area contributed by atoms with Crippen LogP contribution in [0.2, 0.25) is 0 Å². The van der Waals surface area contributed by atoms with Crippen LogP contribution in [0.4, 0.5) is 0 Å². The quantitative estimate of drug-likeness (QED) is 0.669. The van der Waals surface area contributed by atoms with Gasteiger partial charge in [0.1, 0.15) is 17.2 Å². The van der Waals surface area contributed by atoms with Crippen molar-refractivity contribution in [2.45, 2.75) is 17.8 Å². The summed E-state index contributed by atoms with van der Waals surface area (Å²) in [5.41, 5.74) is 1.65. The third-order valence-corrected chi connectivity index (χ3v) is 3.72. The second-order valence-electron chi connectivity index (χ2n) is 4.27. The van der Waals surface area contributed by atoms with Gasteiger partial charge in [-0.25, -0.2) is 0 Å². The summed E-state index contributed by atoms with van der Waals surface area (Å²) in [4.78, 5) is 0. The van der Waals surface area contributed by atoms with Crippen LogP contribution >= 0.6 is 11.8 Å². The van der Waals surface area contributed by atoms with Crippen molar-refractivity contribution < 1.29 is 9.26 Å². The lowest BCUT2D eigenvalue weighted by Crippen LogP contribution is -2.01.